The largest absolute Gasteiger partial charge is 0.377 e. The monoisotopic (exact) mass is 336 g/mol. The van der Waals surface area contributed by atoms with Gasteiger partial charge < -0.3 is 15.4 Å². The lowest BCUT2D eigenvalue weighted by Crippen LogP contribution is -2.71. The maximum absolute atomic E-state index is 6.03. The van der Waals surface area contributed by atoms with Crippen LogP contribution in [0.3, 0.4) is 0 Å². The highest BCUT2D eigenvalue weighted by Gasteiger charge is 2.58. The van der Waals surface area contributed by atoms with Crippen molar-refractivity contribution in [3.05, 3.63) is 0 Å². The molecule has 5 nitrogen and oxygen atoms in total. The molecule has 138 valence electrons. The molecule has 24 heavy (non-hydrogen) atoms. The minimum atomic E-state index is 0.185. The molecule has 0 aromatic carbocycles. The summed E-state index contributed by atoms with van der Waals surface area (Å²) in [5.41, 5.74) is 0.185. The molecule has 4 unspecified atom stereocenters. The van der Waals surface area contributed by atoms with Crippen LogP contribution in [-0.2, 0) is 4.74 Å². The Morgan fingerprint density at radius 3 is 2.83 bits per heavy atom. The number of guanidine groups is 1. The fourth-order valence-electron chi connectivity index (χ4n) is 5.00. The van der Waals surface area contributed by atoms with Gasteiger partial charge in [0.1, 0.15) is 0 Å². The van der Waals surface area contributed by atoms with Gasteiger partial charge in [-0.25, -0.2) is 0 Å². The first kappa shape index (κ1) is 18.0. The molecule has 3 fully saturated rings. The number of likely N-dealkylation sites (tertiary alicyclic amines) is 1. The summed E-state index contributed by atoms with van der Waals surface area (Å²) in [5, 5.41) is 7.19. The van der Waals surface area contributed by atoms with E-state index in [0.717, 1.165) is 32.2 Å². The van der Waals surface area contributed by atoms with Gasteiger partial charge in [-0.1, -0.05) is 20.8 Å². The van der Waals surface area contributed by atoms with Crippen LogP contribution in [0, 0.1) is 11.3 Å². The molecule has 5 heteroatoms. The summed E-state index contributed by atoms with van der Waals surface area (Å²) in [6.45, 7) is 14.2. The Labute approximate surface area is 147 Å². The van der Waals surface area contributed by atoms with Crippen LogP contribution >= 0.6 is 0 Å². The van der Waals surface area contributed by atoms with Gasteiger partial charge in [-0.05, 0) is 45.7 Å². The zero-order valence-electron chi connectivity index (χ0n) is 16.0. The maximum Gasteiger partial charge on any atom is 0.191 e. The molecule has 0 amide bonds. The molecular weight excluding hydrogens is 300 g/mol. The molecule has 1 saturated carbocycles. The first-order valence-electron chi connectivity index (χ1n) is 9.98. The van der Waals surface area contributed by atoms with Gasteiger partial charge in [0.25, 0.3) is 0 Å². The number of aliphatic imine (C=N–C) groups is 1. The molecule has 2 N–H and O–H groups in total. The molecule has 1 aliphatic carbocycles. The summed E-state index contributed by atoms with van der Waals surface area (Å²) in [6, 6.07) is 1.08. The van der Waals surface area contributed by atoms with E-state index >= 15 is 0 Å². The number of rotatable bonds is 5. The number of fused-ring (bicyclic) bond motifs is 1. The number of nitrogens with one attached hydrogen (secondary N) is 2. The molecule has 0 aromatic heterocycles. The van der Waals surface area contributed by atoms with E-state index < -0.39 is 0 Å². The molecule has 2 heterocycles. The Hall–Kier alpha value is -0.810. The van der Waals surface area contributed by atoms with Crippen molar-refractivity contribution in [3.63, 3.8) is 0 Å². The fourth-order valence-corrected chi connectivity index (χ4v) is 5.00. The SMILES string of the molecule is CCNC(=NCC1CCCN1CC)NC1C2CCCOC2C1(C)C. The topological polar surface area (TPSA) is 48.9 Å². The number of hydrogen-bond donors (Lipinski definition) is 2. The second kappa shape index (κ2) is 7.61. The second-order valence-corrected chi connectivity index (χ2v) is 8.19. The summed E-state index contributed by atoms with van der Waals surface area (Å²) in [6.07, 6.45) is 5.48. The minimum absolute atomic E-state index is 0.185. The summed E-state index contributed by atoms with van der Waals surface area (Å²) in [5.74, 6) is 1.62. The highest BCUT2D eigenvalue weighted by molar-refractivity contribution is 5.80. The highest BCUT2D eigenvalue weighted by Crippen LogP contribution is 2.51. The van der Waals surface area contributed by atoms with Crippen LogP contribution in [-0.4, -0.2) is 61.8 Å². The Balaban J connectivity index is 1.62. The minimum Gasteiger partial charge on any atom is -0.377 e. The Morgan fingerprint density at radius 1 is 1.25 bits per heavy atom. The van der Waals surface area contributed by atoms with Crippen LogP contribution in [0.2, 0.25) is 0 Å². The predicted molar refractivity (Wildman–Crippen MR) is 99.4 cm³/mol. The van der Waals surface area contributed by atoms with Crippen LogP contribution in [0.25, 0.3) is 0 Å². The number of nitrogens with zero attached hydrogens (tertiary/aromatic N) is 2. The van der Waals surface area contributed by atoms with Crippen molar-refractivity contribution in [2.45, 2.75) is 71.6 Å². The summed E-state index contributed by atoms with van der Waals surface area (Å²) < 4.78 is 6.03. The summed E-state index contributed by atoms with van der Waals surface area (Å²) in [4.78, 5) is 7.49. The van der Waals surface area contributed by atoms with Crippen molar-refractivity contribution in [2.75, 3.05) is 32.8 Å². The summed E-state index contributed by atoms with van der Waals surface area (Å²) >= 11 is 0. The smallest absolute Gasteiger partial charge is 0.191 e. The van der Waals surface area contributed by atoms with Gasteiger partial charge in [0, 0.05) is 36.6 Å². The molecule has 4 atom stereocenters. The van der Waals surface area contributed by atoms with E-state index in [4.69, 9.17) is 9.73 Å². The van der Waals surface area contributed by atoms with Crippen LogP contribution < -0.4 is 10.6 Å². The average Bonchev–Trinajstić information content (AvgIpc) is 3.04. The van der Waals surface area contributed by atoms with Crippen LogP contribution in [0.15, 0.2) is 4.99 Å². The van der Waals surface area contributed by atoms with Crippen molar-refractivity contribution >= 4 is 5.96 Å². The van der Waals surface area contributed by atoms with Gasteiger partial charge in [0.15, 0.2) is 5.96 Å². The third kappa shape index (κ3) is 3.43. The van der Waals surface area contributed by atoms with Crippen LogP contribution in [0.4, 0.5) is 0 Å². The standard InChI is InChI=1S/C19H36N4O/c1-5-20-18(21-13-14-9-7-11-23(14)6-2)22-16-15-10-8-12-24-17(15)19(16,3)4/h14-17H,5-13H2,1-4H3,(H2,20,21,22). The molecular formula is C19H36N4O. The average molecular weight is 337 g/mol. The zero-order chi connectivity index (χ0) is 17.2. The van der Waals surface area contributed by atoms with E-state index in [1.54, 1.807) is 0 Å². The fraction of sp³-hybridized carbons (Fsp3) is 0.947. The quantitative estimate of drug-likeness (QED) is 0.597. The summed E-state index contributed by atoms with van der Waals surface area (Å²) in [7, 11) is 0. The van der Waals surface area contributed by atoms with E-state index in [-0.39, 0.29) is 5.41 Å². The van der Waals surface area contributed by atoms with Gasteiger partial charge in [0.2, 0.25) is 0 Å². The van der Waals surface area contributed by atoms with Gasteiger partial charge in [0.05, 0.1) is 12.6 Å². The van der Waals surface area contributed by atoms with Crippen LogP contribution in [0.1, 0.15) is 53.4 Å². The first-order valence-corrected chi connectivity index (χ1v) is 9.98. The molecule has 0 spiro atoms. The van der Waals surface area contributed by atoms with E-state index in [2.05, 4.69) is 43.2 Å². The molecule has 2 aliphatic heterocycles. The Kier molecular flexibility index (Phi) is 5.70. The van der Waals surface area contributed by atoms with E-state index in [1.165, 1.54) is 32.2 Å². The Morgan fingerprint density at radius 2 is 2.08 bits per heavy atom. The van der Waals surface area contributed by atoms with Crippen molar-refractivity contribution in [3.8, 4) is 0 Å². The third-order valence-corrected chi connectivity index (χ3v) is 6.33. The van der Waals surface area contributed by atoms with Gasteiger partial charge >= 0.3 is 0 Å². The number of likely N-dealkylation sites (N-methyl/N-ethyl adjacent to an activating group) is 1. The third-order valence-electron chi connectivity index (χ3n) is 6.33. The van der Waals surface area contributed by atoms with Gasteiger partial charge in [-0.15, -0.1) is 0 Å². The van der Waals surface area contributed by atoms with Crippen molar-refractivity contribution in [2.24, 2.45) is 16.3 Å². The second-order valence-electron chi connectivity index (χ2n) is 8.19. The van der Waals surface area contributed by atoms with E-state index in [9.17, 15) is 0 Å². The molecule has 0 radical (unpaired) electrons. The van der Waals surface area contributed by atoms with E-state index in [1.807, 2.05) is 0 Å². The maximum atomic E-state index is 6.03. The van der Waals surface area contributed by atoms with Crippen molar-refractivity contribution < 1.29 is 4.74 Å². The predicted octanol–water partition coefficient (Wildman–Crippen LogP) is 2.23. The molecule has 3 rings (SSSR count). The molecule has 0 bridgehead atoms. The highest BCUT2D eigenvalue weighted by atomic mass is 16.5. The normalized spacial score (nSPS) is 36.1. The Bertz CT molecular complexity index is 451. The van der Waals surface area contributed by atoms with Crippen molar-refractivity contribution in [1.29, 1.82) is 0 Å². The molecule has 2 saturated heterocycles. The molecule has 3 aliphatic rings. The first-order chi connectivity index (χ1) is 11.6. The number of ether oxygens (including phenoxy) is 1. The van der Waals surface area contributed by atoms with E-state index in [0.29, 0.717) is 24.1 Å². The van der Waals surface area contributed by atoms with Crippen molar-refractivity contribution in [1.82, 2.24) is 15.5 Å². The van der Waals surface area contributed by atoms with Crippen LogP contribution in [0.5, 0.6) is 0 Å². The lowest BCUT2D eigenvalue weighted by molar-refractivity contribution is -0.188. The lowest BCUT2D eigenvalue weighted by Gasteiger charge is -2.60. The molecule has 0 aromatic rings. The zero-order valence-corrected chi connectivity index (χ0v) is 16.0. The number of hydrogen-bond acceptors (Lipinski definition) is 3. The van der Waals surface area contributed by atoms with Gasteiger partial charge in [-0.3, -0.25) is 9.89 Å². The lowest BCUT2D eigenvalue weighted by atomic mass is 9.55. The van der Waals surface area contributed by atoms with Gasteiger partial charge in [-0.2, -0.15) is 0 Å².